The van der Waals surface area contributed by atoms with Gasteiger partial charge in [-0.1, -0.05) is 12.1 Å². The largest absolute Gasteiger partial charge is 0.309 e. The second-order valence-electron chi connectivity index (χ2n) is 3.90. The molecule has 3 nitrogen and oxygen atoms in total. The first-order valence-electron chi connectivity index (χ1n) is 5.38. The van der Waals surface area contributed by atoms with Gasteiger partial charge >= 0.3 is 0 Å². The molecule has 0 aromatic heterocycles. The van der Waals surface area contributed by atoms with E-state index >= 15 is 0 Å². The van der Waals surface area contributed by atoms with Gasteiger partial charge in [0.2, 0.25) is 0 Å². The summed E-state index contributed by atoms with van der Waals surface area (Å²) in [5, 5.41) is 12.1. The summed E-state index contributed by atoms with van der Waals surface area (Å²) in [6.07, 6.45) is 0.972. The number of benzene rings is 1. The summed E-state index contributed by atoms with van der Waals surface area (Å²) in [5.41, 5.74) is 1.78. The Morgan fingerprint density at radius 2 is 2.12 bits per heavy atom. The smallest absolute Gasteiger partial charge is 0.0991 e. The molecule has 4 heteroatoms. The Morgan fingerprint density at radius 1 is 1.38 bits per heavy atom. The Labute approximate surface area is 97.9 Å². The van der Waals surface area contributed by atoms with Gasteiger partial charge in [-0.15, -0.1) is 0 Å². The fraction of sp³-hybridized carbons (Fsp3) is 0.417. The molecule has 1 aromatic carbocycles. The van der Waals surface area contributed by atoms with Crippen molar-refractivity contribution in [2.45, 2.75) is 12.5 Å². The highest BCUT2D eigenvalue weighted by atomic mass is 32.2. The van der Waals surface area contributed by atoms with E-state index in [0.717, 1.165) is 24.3 Å². The van der Waals surface area contributed by atoms with Crippen LogP contribution in [0.25, 0.3) is 0 Å². The normalized spacial score (nSPS) is 25.7. The van der Waals surface area contributed by atoms with Crippen molar-refractivity contribution in [1.82, 2.24) is 5.32 Å². The SMILES string of the molecule is N#Cc1ccc(C2CS(=O)CCCN2)cc1. The number of hydrogen-bond donors (Lipinski definition) is 1. The van der Waals surface area contributed by atoms with Crippen LogP contribution in [-0.4, -0.2) is 22.3 Å². The van der Waals surface area contributed by atoms with E-state index < -0.39 is 10.8 Å². The Balaban J connectivity index is 2.16. The topological polar surface area (TPSA) is 52.9 Å². The van der Waals surface area contributed by atoms with Gasteiger partial charge in [-0.05, 0) is 30.7 Å². The van der Waals surface area contributed by atoms with E-state index in [4.69, 9.17) is 5.26 Å². The maximum absolute atomic E-state index is 11.6. The number of hydrogen-bond acceptors (Lipinski definition) is 3. The molecular formula is C12H14N2OS. The van der Waals surface area contributed by atoms with E-state index in [0.29, 0.717) is 11.3 Å². The van der Waals surface area contributed by atoms with Crippen molar-refractivity contribution in [3.63, 3.8) is 0 Å². The van der Waals surface area contributed by atoms with Crippen molar-refractivity contribution >= 4 is 10.8 Å². The van der Waals surface area contributed by atoms with E-state index in [1.165, 1.54) is 0 Å². The summed E-state index contributed by atoms with van der Waals surface area (Å²) >= 11 is 0. The molecule has 1 heterocycles. The van der Waals surface area contributed by atoms with Crippen molar-refractivity contribution in [2.24, 2.45) is 0 Å². The molecule has 0 amide bonds. The summed E-state index contributed by atoms with van der Waals surface area (Å²) in [4.78, 5) is 0. The molecule has 1 aliphatic heterocycles. The molecule has 0 radical (unpaired) electrons. The zero-order valence-electron chi connectivity index (χ0n) is 8.98. The second-order valence-corrected chi connectivity index (χ2v) is 5.53. The van der Waals surface area contributed by atoms with Gasteiger partial charge in [0.25, 0.3) is 0 Å². The van der Waals surface area contributed by atoms with E-state index in [2.05, 4.69) is 11.4 Å². The standard InChI is InChI=1S/C12H14N2OS/c13-8-10-2-4-11(5-3-10)12-9-16(15)7-1-6-14-12/h2-5,12,14H,1,6-7,9H2. The maximum atomic E-state index is 11.6. The van der Waals surface area contributed by atoms with E-state index in [1.54, 1.807) is 0 Å². The van der Waals surface area contributed by atoms with Crippen LogP contribution in [0.2, 0.25) is 0 Å². The van der Waals surface area contributed by atoms with Gasteiger partial charge < -0.3 is 5.32 Å². The lowest BCUT2D eigenvalue weighted by Crippen LogP contribution is -2.23. The minimum absolute atomic E-state index is 0.163. The fourth-order valence-corrected chi connectivity index (χ4v) is 3.16. The van der Waals surface area contributed by atoms with Crippen LogP contribution in [-0.2, 0) is 10.8 Å². The molecule has 1 fully saturated rings. The zero-order valence-corrected chi connectivity index (χ0v) is 9.80. The molecule has 2 rings (SSSR count). The first kappa shape index (κ1) is 11.3. The molecule has 0 spiro atoms. The average molecular weight is 234 g/mol. The van der Waals surface area contributed by atoms with E-state index in [-0.39, 0.29) is 6.04 Å². The number of nitrogens with zero attached hydrogens (tertiary/aromatic N) is 1. The second kappa shape index (κ2) is 5.24. The highest BCUT2D eigenvalue weighted by molar-refractivity contribution is 7.85. The number of nitrogens with one attached hydrogen (secondary N) is 1. The highest BCUT2D eigenvalue weighted by Gasteiger charge is 2.17. The van der Waals surface area contributed by atoms with E-state index in [1.807, 2.05) is 24.3 Å². The molecule has 0 aliphatic carbocycles. The maximum Gasteiger partial charge on any atom is 0.0991 e. The zero-order chi connectivity index (χ0) is 11.4. The lowest BCUT2D eigenvalue weighted by molar-refractivity contribution is 0.587. The van der Waals surface area contributed by atoms with Crippen molar-refractivity contribution in [1.29, 1.82) is 5.26 Å². The summed E-state index contributed by atoms with van der Waals surface area (Å²) in [6.45, 7) is 0.913. The van der Waals surface area contributed by atoms with Crippen molar-refractivity contribution in [3.05, 3.63) is 35.4 Å². The summed E-state index contributed by atoms with van der Waals surface area (Å²) in [7, 11) is -0.723. The molecular weight excluding hydrogens is 220 g/mol. The van der Waals surface area contributed by atoms with Gasteiger partial charge in [0.05, 0.1) is 11.6 Å². The fourth-order valence-electron chi connectivity index (χ4n) is 1.84. The average Bonchev–Trinajstić information content (AvgIpc) is 2.54. The van der Waals surface area contributed by atoms with Crippen LogP contribution in [0.1, 0.15) is 23.6 Å². The van der Waals surface area contributed by atoms with E-state index in [9.17, 15) is 4.21 Å². The van der Waals surface area contributed by atoms with Crippen LogP contribution in [0.5, 0.6) is 0 Å². The molecule has 2 atom stereocenters. The minimum atomic E-state index is -0.723. The van der Waals surface area contributed by atoms with Crippen LogP contribution in [0.3, 0.4) is 0 Å². The molecule has 2 unspecified atom stereocenters. The third-order valence-electron chi connectivity index (χ3n) is 2.73. The molecule has 1 N–H and O–H groups in total. The minimum Gasteiger partial charge on any atom is -0.309 e. The third kappa shape index (κ3) is 2.69. The highest BCUT2D eigenvalue weighted by Crippen LogP contribution is 2.17. The Hall–Kier alpha value is -1.18. The van der Waals surface area contributed by atoms with Gasteiger partial charge in [-0.2, -0.15) is 5.26 Å². The molecule has 0 bridgehead atoms. The first-order chi connectivity index (χ1) is 7.79. The molecule has 84 valence electrons. The van der Waals surface area contributed by atoms with Crippen molar-refractivity contribution in [3.8, 4) is 6.07 Å². The van der Waals surface area contributed by atoms with Crippen LogP contribution >= 0.6 is 0 Å². The Morgan fingerprint density at radius 3 is 2.81 bits per heavy atom. The Bertz CT molecular complexity index is 422. The molecule has 1 aromatic rings. The lowest BCUT2D eigenvalue weighted by Gasteiger charge is -2.15. The predicted octanol–water partition coefficient (Wildman–Crippen LogP) is 1.34. The predicted molar refractivity (Wildman–Crippen MR) is 64.4 cm³/mol. The van der Waals surface area contributed by atoms with Crippen LogP contribution in [0.4, 0.5) is 0 Å². The van der Waals surface area contributed by atoms with Crippen LogP contribution in [0.15, 0.2) is 24.3 Å². The first-order valence-corrected chi connectivity index (χ1v) is 6.87. The van der Waals surface area contributed by atoms with Gasteiger partial charge in [0.1, 0.15) is 0 Å². The van der Waals surface area contributed by atoms with Gasteiger partial charge in [-0.25, -0.2) is 0 Å². The molecule has 1 saturated heterocycles. The molecule has 0 saturated carbocycles. The summed E-state index contributed by atoms with van der Waals surface area (Å²) in [5.74, 6) is 1.46. The third-order valence-corrected chi connectivity index (χ3v) is 4.18. The lowest BCUT2D eigenvalue weighted by atomic mass is 10.1. The summed E-state index contributed by atoms with van der Waals surface area (Å²) < 4.78 is 11.6. The van der Waals surface area contributed by atoms with Gasteiger partial charge in [-0.3, -0.25) is 4.21 Å². The van der Waals surface area contributed by atoms with Crippen molar-refractivity contribution in [2.75, 3.05) is 18.1 Å². The Kier molecular flexibility index (Phi) is 3.70. The summed E-state index contributed by atoms with van der Waals surface area (Å²) in [6, 6.07) is 9.77. The van der Waals surface area contributed by atoms with Crippen LogP contribution in [0, 0.1) is 11.3 Å². The van der Waals surface area contributed by atoms with Gasteiger partial charge in [0, 0.05) is 28.3 Å². The molecule has 1 aliphatic rings. The van der Waals surface area contributed by atoms with Gasteiger partial charge in [0.15, 0.2) is 0 Å². The monoisotopic (exact) mass is 234 g/mol. The number of nitriles is 1. The molecule has 16 heavy (non-hydrogen) atoms. The van der Waals surface area contributed by atoms with Crippen LogP contribution < -0.4 is 5.32 Å². The van der Waals surface area contributed by atoms with Crippen molar-refractivity contribution < 1.29 is 4.21 Å². The quantitative estimate of drug-likeness (QED) is 0.798. The number of rotatable bonds is 1.